The highest BCUT2D eigenvalue weighted by atomic mass is 35.5. The zero-order valence-corrected chi connectivity index (χ0v) is 14.6. The first kappa shape index (κ1) is 19.0. The first-order chi connectivity index (χ1) is 11.8. The summed E-state index contributed by atoms with van der Waals surface area (Å²) in [6.07, 6.45) is -1.13. The Balaban J connectivity index is 1.82. The molecule has 10 heteroatoms. The fraction of sp³-hybridized carbons (Fsp3) is 0.333. The van der Waals surface area contributed by atoms with E-state index in [4.69, 9.17) is 27.9 Å². The average Bonchev–Trinajstić information content (AvgIpc) is 2.86. The number of amides is 4. The first-order valence-corrected chi connectivity index (χ1v) is 8.08. The number of nitrogens with one attached hydrogen (secondary N) is 3. The highest BCUT2D eigenvalue weighted by Crippen LogP contribution is 2.25. The molecule has 0 unspecified atom stereocenters. The van der Waals surface area contributed by atoms with Crippen molar-refractivity contribution >= 4 is 52.7 Å². The Morgan fingerprint density at radius 1 is 1.32 bits per heavy atom. The molecule has 2 atom stereocenters. The van der Waals surface area contributed by atoms with Crippen LogP contribution in [0.25, 0.3) is 0 Å². The van der Waals surface area contributed by atoms with E-state index in [-0.39, 0.29) is 12.8 Å². The number of hydrogen-bond acceptors (Lipinski definition) is 5. The van der Waals surface area contributed by atoms with Gasteiger partial charge < -0.3 is 15.4 Å². The lowest BCUT2D eigenvalue weighted by Gasteiger charge is -2.15. The number of halogens is 2. The number of rotatable bonds is 6. The predicted molar refractivity (Wildman–Crippen MR) is 90.3 cm³/mol. The fourth-order valence-corrected chi connectivity index (χ4v) is 2.40. The molecule has 0 saturated carbocycles. The largest absolute Gasteiger partial charge is 0.453 e. The maximum absolute atomic E-state index is 12.1. The lowest BCUT2D eigenvalue weighted by molar-refractivity contribution is -0.153. The van der Waals surface area contributed by atoms with Crippen LogP contribution < -0.4 is 16.0 Å². The van der Waals surface area contributed by atoms with Crippen molar-refractivity contribution in [2.24, 2.45) is 0 Å². The molecular formula is C15H15Cl2N3O5. The van der Waals surface area contributed by atoms with Gasteiger partial charge in [0.1, 0.15) is 6.04 Å². The first-order valence-electron chi connectivity index (χ1n) is 7.33. The summed E-state index contributed by atoms with van der Waals surface area (Å²) in [5.74, 6) is -1.75. The number of urea groups is 1. The average molecular weight is 388 g/mol. The monoisotopic (exact) mass is 387 g/mol. The van der Waals surface area contributed by atoms with E-state index in [1.165, 1.54) is 19.1 Å². The Hall–Kier alpha value is -2.32. The highest BCUT2D eigenvalue weighted by Gasteiger charge is 2.30. The predicted octanol–water partition coefficient (Wildman–Crippen LogP) is 1.85. The number of imide groups is 1. The quantitative estimate of drug-likeness (QED) is 0.509. The normalized spacial score (nSPS) is 17.5. The van der Waals surface area contributed by atoms with Crippen LogP contribution in [0.2, 0.25) is 10.0 Å². The number of esters is 1. The van der Waals surface area contributed by atoms with Crippen molar-refractivity contribution in [1.82, 2.24) is 10.6 Å². The smallest absolute Gasteiger partial charge is 0.322 e. The lowest BCUT2D eigenvalue weighted by Crippen LogP contribution is -2.32. The van der Waals surface area contributed by atoms with Gasteiger partial charge in [-0.15, -0.1) is 0 Å². The second-order valence-electron chi connectivity index (χ2n) is 5.30. The van der Waals surface area contributed by atoms with Gasteiger partial charge in [0.05, 0.1) is 10.7 Å². The van der Waals surface area contributed by atoms with Crippen molar-refractivity contribution in [2.75, 3.05) is 5.32 Å². The fourth-order valence-electron chi connectivity index (χ4n) is 2.06. The van der Waals surface area contributed by atoms with E-state index >= 15 is 0 Å². The van der Waals surface area contributed by atoms with Crippen LogP contribution in [-0.4, -0.2) is 36.0 Å². The Kier molecular flexibility index (Phi) is 6.22. The Bertz CT molecular complexity index is 725. The van der Waals surface area contributed by atoms with Gasteiger partial charge in [0.25, 0.3) is 11.8 Å². The minimum absolute atomic E-state index is 0.0743. The molecule has 8 nitrogen and oxygen atoms in total. The molecule has 0 bridgehead atoms. The molecule has 3 N–H and O–H groups in total. The molecular weight excluding hydrogens is 373 g/mol. The maximum Gasteiger partial charge on any atom is 0.322 e. The van der Waals surface area contributed by atoms with Crippen LogP contribution >= 0.6 is 23.2 Å². The van der Waals surface area contributed by atoms with Gasteiger partial charge in [-0.3, -0.25) is 19.7 Å². The third kappa shape index (κ3) is 5.33. The molecule has 1 heterocycles. The summed E-state index contributed by atoms with van der Waals surface area (Å²) in [5, 5.41) is 7.62. The van der Waals surface area contributed by atoms with Crippen molar-refractivity contribution in [2.45, 2.75) is 31.9 Å². The summed E-state index contributed by atoms with van der Waals surface area (Å²) >= 11 is 11.8. The van der Waals surface area contributed by atoms with Gasteiger partial charge in [-0.1, -0.05) is 23.2 Å². The van der Waals surface area contributed by atoms with Crippen LogP contribution in [0.1, 0.15) is 19.8 Å². The molecule has 1 saturated heterocycles. The summed E-state index contributed by atoms with van der Waals surface area (Å²) < 4.78 is 5.00. The molecule has 0 aliphatic carbocycles. The van der Waals surface area contributed by atoms with Crippen molar-refractivity contribution in [3.05, 3.63) is 28.2 Å². The van der Waals surface area contributed by atoms with E-state index in [1.54, 1.807) is 6.07 Å². The Morgan fingerprint density at radius 3 is 2.68 bits per heavy atom. The maximum atomic E-state index is 12.1. The molecule has 1 aliphatic rings. The van der Waals surface area contributed by atoms with Gasteiger partial charge in [-0.05, 0) is 31.5 Å². The van der Waals surface area contributed by atoms with Gasteiger partial charge in [-0.2, -0.15) is 0 Å². The van der Waals surface area contributed by atoms with Gasteiger partial charge >= 0.3 is 12.0 Å². The second kappa shape index (κ2) is 8.17. The van der Waals surface area contributed by atoms with E-state index in [9.17, 15) is 19.2 Å². The van der Waals surface area contributed by atoms with Gasteiger partial charge in [0, 0.05) is 11.4 Å². The van der Waals surface area contributed by atoms with Crippen LogP contribution in [0.5, 0.6) is 0 Å². The minimum Gasteiger partial charge on any atom is -0.453 e. The highest BCUT2D eigenvalue weighted by molar-refractivity contribution is 6.35. The molecule has 0 spiro atoms. The van der Waals surface area contributed by atoms with Gasteiger partial charge in [-0.25, -0.2) is 4.79 Å². The van der Waals surface area contributed by atoms with E-state index < -0.39 is 36.0 Å². The number of ether oxygens (including phenoxy) is 1. The molecule has 25 heavy (non-hydrogen) atoms. The summed E-state index contributed by atoms with van der Waals surface area (Å²) in [7, 11) is 0. The molecule has 1 aromatic rings. The van der Waals surface area contributed by atoms with Gasteiger partial charge in [0.2, 0.25) is 0 Å². The number of benzene rings is 1. The SMILES string of the molecule is C[C@@H](OC(=O)CC[C@H]1NC(=O)NC1=O)C(=O)Nc1cc(Cl)ccc1Cl. The van der Waals surface area contributed by atoms with E-state index in [1.807, 2.05) is 0 Å². The van der Waals surface area contributed by atoms with Crippen LogP contribution in [0.3, 0.4) is 0 Å². The third-order valence-electron chi connectivity index (χ3n) is 3.36. The molecule has 1 aliphatic heterocycles. The number of hydrogen-bond donors (Lipinski definition) is 3. The van der Waals surface area contributed by atoms with Crippen molar-refractivity contribution in [3.8, 4) is 0 Å². The molecule has 0 radical (unpaired) electrons. The standard InChI is InChI=1S/C15H15Cl2N3O5/c1-7(13(22)18-11-6-8(16)2-3-9(11)17)25-12(21)5-4-10-14(23)20-15(24)19-10/h2-3,6-7,10H,4-5H2,1H3,(H,18,22)(H2,19,20,23,24)/t7-,10-/m1/s1. The van der Waals surface area contributed by atoms with E-state index in [0.717, 1.165) is 0 Å². The summed E-state index contributed by atoms with van der Waals surface area (Å²) in [5.41, 5.74) is 0.299. The van der Waals surface area contributed by atoms with Crippen molar-refractivity contribution in [3.63, 3.8) is 0 Å². The number of carbonyl (C=O) groups is 4. The molecule has 2 rings (SSSR count). The van der Waals surface area contributed by atoms with Crippen LogP contribution in [0.4, 0.5) is 10.5 Å². The molecule has 4 amide bonds. The number of carbonyl (C=O) groups excluding carboxylic acids is 4. The van der Waals surface area contributed by atoms with E-state index in [0.29, 0.717) is 15.7 Å². The topological polar surface area (TPSA) is 114 Å². The molecule has 1 aromatic carbocycles. The second-order valence-corrected chi connectivity index (χ2v) is 6.14. The zero-order chi connectivity index (χ0) is 18.6. The van der Waals surface area contributed by atoms with Crippen molar-refractivity contribution < 1.29 is 23.9 Å². The summed E-state index contributed by atoms with van der Waals surface area (Å²) in [4.78, 5) is 46.2. The number of anilines is 1. The van der Waals surface area contributed by atoms with E-state index in [2.05, 4.69) is 16.0 Å². The summed E-state index contributed by atoms with van der Waals surface area (Å²) in [6, 6.07) is 3.18. The lowest BCUT2D eigenvalue weighted by atomic mass is 10.1. The Morgan fingerprint density at radius 2 is 2.04 bits per heavy atom. The zero-order valence-electron chi connectivity index (χ0n) is 13.1. The van der Waals surface area contributed by atoms with Crippen LogP contribution in [0, 0.1) is 0 Å². The molecule has 0 aromatic heterocycles. The van der Waals surface area contributed by atoms with Gasteiger partial charge in [0.15, 0.2) is 6.10 Å². The van der Waals surface area contributed by atoms with Crippen LogP contribution in [0.15, 0.2) is 18.2 Å². The minimum atomic E-state index is -1.07. The summed E-state index contributed by atoms with van der Waals surface area (Å²) in [6.45, 7) is 1.40. The Labute approximate surface area is 153 Å². The third-order valence-corrected chi connectivity index (χ3v) is 3.92. The van der Waals surface area contributed by atoms with Crippen LogP contribution in [-0.2, 0) is 19.1 Å². The molecule has 134 valence electrons. The molecule has 1 fully saturated rings. The van der Waals surface area contributed by atoms with Crippen molar-refractivity contribution in [1.29, 1.82) is 0 Å².